The molecule has 2 rings (SSSR count). The number of halogens is 2. The number of nitrogens with zero attached hydrogens (tertiary/aromatic N) is 4. The van der Waals surface area contributed by atoms with Crippen molar-refractivity contribution in [3.05, 3.63) is 39.2 Å². The maximum absolute atomic E-state index is 11.0. The van der Waals surface area contributed by atoms with Gasteiger partial charge in [0.05, 0.1) is 16.4 Å². The van der Waals surface area contributed by atoms with Crippen molar-refractivity contribution in [2.75, 3.05) is 0 Å². The second kappa shape index (κ2) is 4.91. The van der Waals surface area contributed by atoms with E-state index in [2.05, 4.69) is 10.2 Å². The van der Waals surface area contributed by atoms with Crippen molar-refractivity contribution in [1.29, 1.82) is 0 Å². The van der Waals surface area contributed by atoms with Gasteiger partial charge in [-0.15, -0.1) is 21.8 Å². The van der Waals surface area contributed by atoms with Gasteiger partial charge in [-0.3, -0.25) is 10.1 Å². The van der Waals surface area contributed by atoms with Crippen LogP contribution in [-0.4, -0.2) is 19.7 Å². The molecule has 1 heterocycles. The van der Waals surface area contributed by atoms with Crippen LogP contribution in [0, 0.1) is 10.1 Å². The molecular weight excluding hydrogens is 279 g/mol. The summed E-state index contributed by atoms with van der Waals surface area (Å²) < 4.78 is 1.61. The van der Waals surface area contributed by atoms with Crippen LogP contribution in [-0.2, 0) is 12.9 Å². The van der Waals surface area contributed by atoms with E-state index in [1.807, 2.05) is 0 Å². The van der Waals surface area contributed by atoms with Crippen LogP contribution in [0.25, 0.3) is 11.4 Å². The van der Waals surface area contributed by atoms with E-state index in [0.717, 1.165) is 0 Å². The number of nitro benzene ring substituents is 1. The van der Waals surface area contributed by atoms with Crippen LogP contribution in [0.3, 0.4) is 0 Å². The minimum absolute atomic E-state index is 0.112. The summed E-state index contributed by atoms with van der Waals surface area (Å²) in [7, 11) is 1.70. The van der Waals surface area contributed by atoms with Gasteiger partial charge in [0.2, 0.25) is 0 Å². The zero-order chi connectivity index (χ0) is 13.3. The number of alkyl halides is 1. The Labute approximate surface area is 112 Å². The van der Waals surface area contributed by atoms with E-state index in [1.165, 1.54) is 6.07 Å². The monoisotopic (exact) mass is 286 g/mol. The Balaban J connectivity index is 2.63. The highest BCUT2D eigenvalue weighted by atomic mass is 35.5. The standard InChI is InChI=1S/C10H8Cl2N4O2/c1-15-9(5-11)13-14-10(15)7-3-2-6(12)4-8(7)16(17)18/h2-4H,5H2,1H3. The molecule has 0 radical (unpaired) electrons. The first-order chi connectivity index (χ1) is 8.54. The smallest absolute Gasteiger partial charge is 0.281 e. The van der Waals surface area contributed by atoms with Crippen LogP contribution in [0.1, 0.15) is 5.82 Å². The molecule has 2 aromatic rings. The van der Waals surface area contributed by atoms with Gasteiger partial charge in [-0.25, -0.2) is 0 Å². The summed E-state index contributed by atoms with van der Waals surface area (Å²) in [4.78, 5) is 10.5. The van der Waals surface area contributed by atoms with Crippen LogP contribution in [0.4, 0.5) is 5.69 Å². The number of rotatable bonds is 3. The molecule has 1 aromatic carbocycles. The first-order valence-electron chi connectivity index (χ1n) is 4.93. The molecule has 94 valence electrons. The topological polar surface area (TPSA) is 73.8 Å². The van der Waals surface area contributed by atoms with Crippen LogP contribution in [0.5, 0.6) is 0 Å². The highest BCUT2D eigenvalue weighted by Gasteiger charge is 2.20. The van der Waals surface area contributed by atoms with E-state index in [4.69, 9.17) is 23.2 Å². The molecule has 1 aromatic heterocycles. The third-order valence-corrected chi connectivity index (χ3v) is 2.96. The quantitative estimate of drug-likeness (QED) is 0.494. The lowest BCUT2D eigenvalue weighted by Gasteiger charge is -2.03. The number of hydrogen-bond acceptors (Lipinski definition) is 4. The molecule has 0 amide bonds. The van der Waals surface area contributed by atoms with Gasteiger partial charge in [-0.2, -0.15) is 0 Å². The average Bonchev–Trinajstić information content (AvgIpc) is 2.70. The molecule has 0 unspecified atom stereocenters. The number of hydrogen-bond donors (Lipinski definition) is 0. The fourth-order valence-electron chi connectivity index (χ4n) is 1.56. The largest absolute Gasteiger partial charge is 0.313 e. The van der Waals surface area contributed by atoms with Gasteiger partial charge in [0.15, 0.2) is 5.82 Å². The fourth-order valence-corrected chi connectivity index (χ4v) is 1.96. The molecule has 18 heavy (non-hydrogen) atoms. The predicted octanol–water partition coefficient (Wildman–Crippen LogP) is 2.78. The van der Waals surface area contributed by atoms with E-state index in [-0.39, 0.29) is 11.6 Å². The first-order valence-corrected chi connectivity index (χ1v) is 5.84. The number of nitro groups is 1. The summed E-state index contributed by atoms with van der Waals surface area (Å²) in [5.41, 5.74) is 0.245. The molecule has 8 heteroatoms. The van der Waals surface area contributed by atoms with Gasteiger partial charge in [-0.05, 0) is 12.1 Å². The third kappa shape index (κ3) is 2.16. The molecule has 0 aliphatic carbocycles. The zero-order valence-electron chi connectivity index (χ0n) is 9.30. The van der Waals surface area contributed by atoms with Crippen molar-refractivity contribution in [2.45, 2.75) is 5.88 Å². The fraction of sp³-hybridized carbons (Fsp3) is 0.200. The van der Waals surface area contributed by atoms with Gasteiger partial charge >= 0.3 is 0 Å². The van der Waals surface area contributed by atoms with E-state index in [9.17, 15) is 10.1 Å². The average molecular weight is 287 g/mol. The van der Waals surface area contributed by atoms with Crippen molar-refractivity contribution in [3.8, 4) is 11.4 Å². The molecule has 0 aliphatic heterocycles. The second-order valence-electron chi connectivity index (χ2n) is 3.55. The Morgan fingerprint density at radius 1 is 1.44 bits per heavy atom. The highest BCUT2D eigenvalue weighted by molar-refractivity contribution is 6.30. The van der Waals surface area contributed by atoms with Gasteiger partial charge in [0, 0.05) is 18.1 Å². The molecule has 0 N–H and O–H groups in total. The van der Waals surface area contributed by atoms with Gasteiger partial charge < -0.3 is 4.57 Å². The normalized spacial score (nSPS) is 10.6. The van der Waals surface area contributed by atoms with Gasteiger partial charge in [0.1, 0.15) is 5.82 Å². The summed E-state index contributed by atoms with van der Waals surface area (Å²) >= 11 is 11.4. The lowest BCUT2D eigenvalue weighted by molar-refractivity contribution is -0.384. The third-order valence-electron chi connectivity index (χ3n) is 2.48. The van der Waals surface area contributed by atoms with Crippen molar-refractivity contribution < 1.29 is 4.92 Å². The van der Waals surface area contributed by atoms with E-state index in [0.29, 0.717) is 22.2 Å². The van der Waals surface area contributed by atoms with Crippen LogP contribution < -0.4 is 0 Å². The summed E-state index contributed by atoms with van der Waals surface area (Å²) in [6.45, 7) is 0. The molecule has 0 fully saturated rings. The van der Waals surface area contributed by atoms with Crippen LogP contribution >= 0.6 is 23.2 Å². The van der Waals surface area contributed by atoms with Crippen molar-refractivity contribution in [3.63, 3.8) is 0 Å². The summed E-state index contributed by atoms with van der Waals surface area (Å²) in [5, 5.41) is 19.1. The molecule has 0 saturated heterocycles. The van der Waals surface area contributed by atoms with E-state index >= 15 is 0 Å². The molecule has 0 aliphatic rings. The molecule has 0 bridgehead atoms. The Bertz CT molecular complexity index is 612. The Hall–Kier alpha value is -1.66. The second-order valence-corrected chi connectivity index (χ2v) is 4.25. The summed E-state index contributed by atoms with van der Waals surface area (Å²) in [5.74, 6) is 1.11. The first kappa shape index (κ1) is 12.8. The van der Waals surface area contributed by atoms with Crippen LogP contribution in [0.2, 0.25) is 5.02 Å². The lowest BCUT2D eigenvalue weighted by atomic mass is 10.1. The van der Waals surface area contributed by atoms with Crippen molar-refractivity contribution >= 4 is 28.9 Å². The minimum atomic E-state index is -0.504. The van der Waals surface area contributed by atoms with Crippen molar-refractivity contribution in [1.82, 2.24) is 14.8 Å². The van der Waals surface area contributed by atoms with E-state index in [1.54, 1.807) is 23.7 Å². The molecule has 0 spiro atoms. The number of benzene rings is 1. The predicted molar refractivity (Wildman–Crippen MR) is 67.7 cm³/mol. The summed E-state index contributed by atoms with van der Waals surface area (Å²) in [6, 6.07) is 4.40. The Kier molecular flexibility index (Phi) is 3.49. The van der Waals surface area contributed by atoms with Gasteiger partial charge in [-0.1, -0.05) is 11.6 Å². The maximum atomic E-state index is 11.0. The zero-order valence-corrected chi connectivity index (χ0v) is 10.8. The highest BCUT2D eigenvalue weighted by Crippen LogP contribution is 2.31. The van der Waals surface area contributed by atoms with Crippen molar-refractivity contribution in [2.24, 2.45) is 7.05 Å². The SMILES string of the molecule is Cn1c(CCl)nnc1-c1ccc(Cl)cc1[N+](=O)[O-]. The molecule has 6 nitrogen and oxygen atoms in total. The molecular formula is C10H8Cl2N4O2. The van der Waals surface area contributed by atoms with Gasteiger partial charge in [0.25, 0.3) is 5.69 Å². The summed E-state index contributed by atoms with van der Waals surface area (Å²) in [6.07, 6.45) is 0. The molecule has 0 atom stereocenters. The lowest BCUT2D eigenvalue weighted by Crippen LogP contribution is -2.00. The maximum Gasteiger partial charge on any atom is 0.281 e. The Morgan fingerprint density at radius 3 is 2.72 bits per heavy atom. The van der Waals surface area contributed by atoms with E-state index < -0.39 is 4.92 Å². The Morgan fingerprint density at radius 2 is 2.17 bits per heavy atom. The number of aromatic nitrogens is 3. The van der Waals surface area contributed by atoms with Crippen LogP contribution in [0.15, 0.2) is 18.2 Å². The minimum Gasteiger partial charge on any atom is -0.313 e. The molecule has 0 saturated carbocycles.